The predicted molar refractivity (Wildman–Crippen MR) is 83.9 cm³/mol. The number of benzene rings is 1. The van der Waals surface area contributed by atoms with E-state index >= 15 is 0 Å². The van der Waals surface area contributed by atoms with Gasteiger partial charge in [-0.05, 0) is 57.2 Å². The van der Waals surface area contributed by atoms with Crippen LogP contribution in [0.3, 0.4) is 0 Å². The topological polar surface area (TPSA) is 68.3 Å². The molecule has 2 rings (SSSR count). The predicted octanol–water partition coefficient (Wildman–Crippen LogP) is 3.80. The van der Waals surface area contributed by atoms with Gasteiger partial charge in [-0.15, -0.1) is 0 Å². The second-order valence-electron chi connectivity index (χ2n) is 5.86. The van der Waals surface area contributed by atoms with Gasteiger partial charge in [0.05, 0.1) is 5.69 Å². The molecule has 0 spiro atoms. The summed E-state index contributed by atoms with van der Waals surface area (Å²) in [6.45, 7) is 5.21. The van der Waals surface area contributed by atoms with Crippen molar-refractivity contribution in [2.45, 2.75) is 26.4 Å². The lowest BCUT2D eigenvalue weighted by atomic mass is 10.1. The summed E-state index contributed by atoms with van der Waals surface area (Å²) >= 11 is 0. The van der Waals surface area contributed by atoms with Crippen LogP contribution in [0.5, 0.6) is 0 Å². The molecule has 0 fully saturated rings. The van der Waals surface area contributed by atoms with Crippen LogP contribution in [-0.4, -0.2) is 22.5 Å². The van der Waals surface area contributed by atoms with E-state index in [1.165, 1.54) is 30.5 Å². The minimum absolute atomic E-state index is 0.0602. The van der Waals surface area contributed by atoms with Crippen LogP contribution in [0.1, 0.15) is 36.8 Å². The smallest absolute Gasteiger partial charge is 0.412 e. The second kappa shape index (κ2) is 6.56. The molecule has 0 saturated carbocycles. The number of ether oxygens (including phenoxy) is 1. The molecule has 0 aliphatic heterocycles. The molecular weight excluding hydrogens is 299 g/mol. The Labute approximate surface area is 133 Å². The average Bonchev–Trinajstić information content (AvgIpc) is 2.46. The zero-order valence-corrected chi connectivity index (χ0v) is 13.1. The molecule has 6 heteroatoms. The minimum atomic E-state index is -0.682. The van der Waals surface area contributed by atoms with Gasteiger partial charge in [0.15, 0.2) is 0 Å². The Kier molecular flexibility index (Phi) is 4.74. The highest BCUT2D eigenvalue weighted by molar-refractivity contribution is 6.12. The molecule has 23 heavy (non-hydrogen) atoms. The average molecular weight is 316 g/mol. The first-order chi connectivity index (χ1) is 10.8. The van der Waals surface area contributed by atoms with Crippen LogP contribution in [0.15, 0.2) is 42.6 Å². The molecule has 5 nitrogen and oxygen atoms in total. The van der Waals surface area contributed by atoms with E-state index in [0.29, 0.717) is 0 Å². The number of hydrogen-bond acceptors (Lipinski definition) is 4. The standard InChI is InChI=1S/C17H17FN2O3/c1-17(2,3)23-16(22)20-13-5-4-10-19-14(13)15(21)11-6-8-12(18)9-7-11/h4-10H,1-3H3,(H,20,22). The molecule has 0 unspecified atom stereocenters. The minimum Gasteiger partial charge on any atom is -0.444 e. The molecule has 1 aromatic carbocycles. The molecule has 0 aliphatic carbocycles. The summed E-state index contributed by atoms with van der Waals surface area (Å²) in [7, 11) is 0. The van der Waals surface area contributed by atoms with Crippen molar-refractivity contribution in [1.82, 2.24) is 4.98 Å². The maximum Gasteiger partial charge on any atom is 0.412 e. The Morgan fingerprint density at radius 1 is 1.13 bits per heavy atom. The maximum absolute atomic E-state index is 13.0. The van der Waals surface area contributed by atoms with E-state index in [0.717, 1.165) is 0 Å². The molecule has 1 aromatic heterocycles. The molecular formula is C17H17FN2O3. The molecule has 0 bridgehead atoms. The number of nitrogens with zero attached hydrogens (tertiary/aromatic N) is 1. The van der Waals surface area contributed by atoms with E-state index < -0.39 is 23.3 Å². The Balaban J connectivity index is 2.25. The molecule has 0 saturated heterocycles. The van der Waals surface area contributed by atoms with Crippen molar-refractivity contribution in [2.75, 3.05) is 5.32 Å². The Morgan fingerprint density at radius 2 is 1.78 bits per heavy atom. The van der Waals surface area contributed by atoms with Crippen molar-refractivity contribution >= 4 is 17.6 Å². The van der Waals surface area contributed by atoms with E-state index in [1.54, 1.807) is 32.9 Å². The van der Waals surface area contributed by atoms with Crippen LogP contribution >= 0.6 is 0 Å². The van der Waals surface area contributed by atoms with E-state index in [4.69, 9.17) is 4.74 Å². The maximum atomic E-state index is 13.0. The second-order valence-corrected chi connectivity index (χ2v) is 5.86. The van der Waals surface area contributed by atoms with Crippen LogP contribution in [0.2, 0.25) is 0 Å². The highest BCUT2D eigenvalue weighted by atomic mass is 19.1. The number of aromatic nitrogens is 1. The Hall–Kier alpha value is -2.76. The summed E-state index contributed by atoms with van der Waals surface area (Å²) in [4.78, 5) is 28.3. The van der Waals surface area contributed by atoms with Crippen LogP contribution < -0.4 is 5.32 Å². The lowest BCUT2D eigenvalue weighted by molar-refractivity contribution is 0.0636. The van der Waals surface area contributed by atoms with Gasteiger partial charge >= 0.3 is 6.09 Å². The fraction of sp³-hybridized carbons (Fsp3) is 0.235. The molecule has 1 N–H and O–H groups in total. The van der Waals surface area contributed by atoms with Gasteiger partial charge in [-0.25, -0.2) is 9.18 Å². The van der Waals surface area contributed by atoms with Gasteiger partial charge in [0.2, 0.25) is 5.78 Å². The van der Waals surface area contributed by atoms with E-state index in [1.807, 2.05) is 0 Å². The molecule has 1 heterocycles. The summed E-state index contributed by atoms with van der Waals surface area (Å²) < 4.78 is 18.1. The number of rotatable bonds is 3. The Morgan fingerprint density at radius 3 is 2.39 bits per heavy atom. The number of hydrogen-bond donors (Lipinski definition) is 1. The van der Waals surface area contributed by atoms with Crippen molar-refractivity contribution in [1.29, 1.82) is 0 Å². The van der Waals surface area contributed by atoms with Gasteiger partial charge in [0.1, 0.15) is 17.1 Å². The monoisotopic (exact) mass is 316 g/mol. The zero-order chi connectivity index (χ0) is 17.0. The normalized spacial score (nSPS) is 11.0. The van der Waals surface area contributed by atoms with Gasteiger partial charge in [-0.3, -0.25) is 15.1 Å². The van der Waals surface area contributed by atoms with E-state index in [-0.39, 0.29) is 16.9 Å². The molecule has 1 amide bonds. The van der Waals surface area contributed by atoms with Crippen LogP contribution in [0.4, 0.5) is 14.9 Å². The van der Waals surface area contributed by atoms with Crippen molar-refractivity contribution in [2.24, 2.45) is 0 Å². The van der Waals surface area contributed by atoms with Crippen molar-refractivity contribution in [3.05, 3.63) is 59.7 Å². The third-order valence-corrected chi connectivity index (χ3v) is 2.76. The first-order valence-corrected chi connectivity index (χ1v) is 7.01. The fourth-order valence-electron chi connectivity index (χ4n) is 1.84. The van der Waals surface area contributed by atoms with Crippen LogP contribution in [-0.2, 0) is 4.74 Å². The molecule has 0 radical (unpaired) electrons. The van der Waals surface area contributed by atoms with E-state index in [2.05, 4.69) is 10.3 Å². The van der Waals surface area contributed by atoms with Gasteiger partial charge in [-0.2, -0.15) is 0 Å². The largest absolute Gasteiger partial charge is 0.444 e. The van der Waals surface area contributed by atoms with Gasteiger partial charge in [-0.1, -0.05) is 0 Å². The number of pyridine rings is 1. The number of ketones is 1. The van der Waals surface area contributed by atoms with Crippen molar-refractivity contribution < 1.29 is 18.7 Å². The SMILES string of the molecule is CC(C)(C)OC(=O)Nc1cccnc1C(=O)c1ccc(F)cc1. The molecule has 120 valence electrons. The van der Waals surface area contributed by atoms with Gasteiger partial charge in [0.25, 0.3) is 0 Å². The number of carbonyl (C=O) groups is 2. The molecule has 2 aromatic rings. The summed E-state index contributed by atoms with van der Waals surface area (Å²) in [6, 6.07) is 8.25. The Bertz CT molecular complexity index is 721. The lowest BCUT2D eigenvalue weighted by Gasteiger charge is -2.20. The fourth-order valence-corrected chi connectivity index (χ4v) is 1.84. The number of nitrogens with one attached hydrogen (secondary N) is 1. The first-order valence-electron chi connectivity index (χ1n) is 7.01. The van der Waals surface area contributed by atoms with Crippen molar-refractivity contribution in [3.63, 3.8) is 0 Å². The number of halogens is 1. The summed E-state index contributed by atoms with van der Waals surface area (Å²) in [5, 5.41) is 2.51. The van der Waals surface area contributed by atoms with Gasteiger partial charge < -0.3 is 4.74 Å². The third kappa shape index (κ3) is 4.60. The summed E-state index contributed by atoms with van der Waals surface area (Å²) in [5.74, 6) is -0.855. The third-order valence-electron chi connectivity index (χ3n) is 2.76. The van der Waals surface area contributed by atoms with Crippen LogP contribution in [0, 0.1) is 5.82 Å². The number of carbonyl (C=O) groups excluding carboxylic acids is 2. The first kappa shape index (κ1) is 16.6. The van der Waals surface area contributed by atoms with Gasteiger partial charge in [0, 0.05) is 11.8 Å². The molecule has 0 atom stereocenters. The quantitative estimate of drug-likeness (QED) is 0.875. The molecule has 0 aliphatic rings. The highest BCUT2D eigenvalue weighted by Crippen LogP contribution is 2.18. The summed E-state index contributed by atoms with van der Waals surface area (Å²) in [5.41, 5.74) is -0.0914. The number of amides is 1. The summed E-state index contributed by atoms with van der Waals surface area (Å²) in [6.07, 6.45) is 0.760. The number of anilines is 1. The lowest BCUT2D eigenvalue weighted by Crippen LogP contribution is -2.28. The van der Waals surface area contributed by atoms with Crippen LogP contribution in [0.25, 0.3) is 0 Å². The highest BCUT2D eigenvalue weighted by Gasteiger charge is 2.20. The zero-order valence-electron chi connectivity index (χ0n) is 13.1. The van der Waals surface area contributed by atoms with Crippen molar-refractivity contribution in [3.8, 4) is 0 Å². The van der Waals surface area contributed by atoms with E-state index in [9.17, 15) is 14.0 Å².